The van der Waals surface area contributed by atoms with E-state index < -0.39 is 0 Å². The molecule has 5 heteroatoms. The van der Waals surface area contributed by atoms with E-state index in [0.29, 0.717) is 11.5 Å². The molecule has 0 fully saturated rings. The molecule has 1 aliphatic rings. The van der Waals surface area contributed by atoms with Crippen LogP contribution >= 0.6 is 0 Å². The van der Waals surface area contributed by atoms with Crippen LogP contribution in [0.5, 0.6) is 0 Å². The molecule has 1 N–H and O–H groups in total. The largest absolute Gasteiger partial charge is 0.348 e. The zero-order valence-corrected chi connectivity index (χ0v) is 13.7. The van der Waals surface area contributed by atoms with Gasteiger partial charge < -0.3 is 5.32 Å². The van der Waals surface area contributed by atoms with Gasteiger partial charge in [0.15, 0.2) is 0 Å². The Morgan fingerprint density at radius 3 is 2.67 bits per heavy atom. The summed E-state index contributed by atoms with van der Waals surface area (Å²) < 4.78 is 16.3. The Morgan fingerprint density at radius 1 is 1.12 bits per heavy atom. The lowest BCUT2D eigenvalue weighted by molar-refractivity contribution is 0.414. The van der Waals surface area contributed by atoms with Gasteiger partial charge in [-0.25, -0.2) is 9.07 Å². The van der Waals surface area contributed by atoms with Crippen molar-refractivity contribution in [3.63, 3.8) is 0 Å². The van der Waals surface area contributed by atoms with Crippen LogP contribution in [0, 0.1) is 19.7 Å². The summed E-state index contributed by atoms with van der Waals surface area (Å²) in [5.41, 5.74) is 4.03. The first kappa shape index (κ1) is 14.9. The van der Waals surface area contributed by atoms with Gasteiger partial charge in [0.1, 0.15) is 12.1 Å². The van der Waals surface area contributed by atoms with Gasteiger partial charge in [0.2, 0.25) is 5.95 Å². The number of rotatable bonds is 2. The van der Waals surface area contributed by atoms with Crippen LogP contribution in [0.4, 0.5) is 10.3 Å². The summed E-state index contributed by atoms with van der Waals surface area (Å²) in [4.78, 5) is 4.30. The lowest BCUT2D eigenvalue weighted by Crippen LogP contribution is -2.29. The molecular weight excluding hydrogens is 303 g/mol. The summed E-state index contributed by atoms with van der Waals surface area (Å²) in [7, 11) is 0. The normalized spacial score (nSPS) is 19.6. The van der Waals surface area contributed by atoms with Crippen molar-refractivity contribution in [1.82, 2.24) is 14.8 Å². The van der Waals surface area contributed by atoms with Crippen molar-refractivity contribution in [3.8, 4) is 0 Å². The number of fused-ring (bicyclic) bond motifs is 1. The molecule has 0 unspecified atom stereocenters. The Kier molecular flexibility index (Phi) is 3.56. The van der Waals surface area contributed by atoms with Gasteiger partial charge in [-0.15, -0.1) is 0 Å². The van der Waals surface area contributed by atoms with E-state index in [0.717, 1.165) is 12.0 Å². The molecule has 0 saturated heterocycles. The molecule has 4 nitrogen and oxygen atoms in total. The molecule has 1 aliphatic heterocycles. The highest BCUT2D eigenvalue weighted by Crippen LogP contribution is 2.39. The fraction of sp³-hybridized carbons (Fsp3) is 0.263. The first-order chi connectivity index (χ1) is 11.6. The molecule has 24 heavy (non-hydrogen) atoms. The van der Waals surface area contributed by atoms with E-state index >= 15 is 0 Å². The van der Waals surface area contributed by atoms with E-state index in [9.17, 15) is 4.39 Å². The molecule has 4 rings (SSSR count). The van der Waals surface area contributed by atoms with Crippen LogP contribution in [0.1, 0.15) is 40.8 Å². The molecule has 2 heterocycles. The van der Waals surface area contributed by atoms with Crippen LogP contribution < -0.4 is 5.32 Å². The monoisotopic (exact) mass is 322 g/mol. The lowest BCUT2D eigenvalue weighted by atomic mass is 9.90. The summed E-state index contributed by atoms with van der Waals surface area (Å²) in [5, 5.41) is 7.73. The van der Waals surface area contributed by atoms with Gasteiger partial charge in [-0.2, -0.15) is 10.1 Å². The van der Waals surface area contributed by atoms with Gasteiger partial charge in [-0.1, -0.05) is 42.0 Å². The van der Waals surface area contributed by atoms with Crippen molar-refractivity contribution in [2.45, 2.75) is 32.4 Å². The van der Waals surface area contributed by atoms with Crippen LogP contribution in [-0.4, -0.2) is 14.8 Å². The zero-order valence-electron chi connectivity index (χ0n) is 13.7. The number of hydrogen-bond acceptors (Lipinski definition) is 3. The maximum atomic E-state index is 14.5. The Balaban J connectivity index is 1.78. The molecule has 0 amide bonds. The Morgan fingerprint density at radius 2 is 1.92 bits per heavy atom. The minimum atomic E-state index is -0.189. The molecule has 0 aliphatic carbocycles. The summed E-state index contributed by atoms with van der Waals surface area (Å²) >= 11 is 0. The van der Waals surface area contributed by atoms with Crippen molar-refractivity contribution in [1.29, 1.82) is 0 Å². The summed E-state index contributed by atoms with van der Waals surface area (Å²) in [6.07, 6.45) is 2.24. The molecule has 1 aromatic heterocycles. The van der Waals surface area contributed by atoms with E-state index in [-0.39, 0.29) is 17.9 Å². The maximum absolute atomic E-state index is 14.5. The fourth-order valence-electron chi connectivity index (χ4n) is 3.44. The average molecular weight is 322 g/mol. The number of aryl methyl sites for hydroxylation is 2. The van der Waals surface area contributed by atoms with Crippen LogP contribution in [0.15, 0.2) is 48.8 Å². The number of nitrogens with zero attached hydrogens (tertiary/aromatic N) is 3. The van der Waals surface area contributed by atoms with Crippen LogP contribution in [0.25, 0.3) is 0 Å². The van der Waals surface area contributed by atoms with Crippen molar-refractivity contribution in [3.05, 3.63) is 76.9 Å². The molecule has 2 atom stereocenters. The van der Waals surface area contributed by atoms with E-state index in [2.05, 4.69) is 46.6 Å². The number of nitrogens with one attached hydrogen (secondary N) is 1. The van der Waals surface area contributed by atoms with Gasteiger partial charge in [0.25, 0.3) is 0 Å². The predicted molar refractivity (Wildman–Crippen MR) is 91.5 cm³/mol. The maximum Gasteiger partial charge on any atom is 0.222 e. The highest BCUT2D eigenvalue weighted by molar-refractivity contribution is 5.40. The van der Waals surface area contributed by atoms with Crippen molar-refractivity contribution in [2.24, 2.45) is 0 Å². The van der Waals surface area contributed by atoms with Crippen molar-refractivity contribution < 1.29 is 4.39 Å². The van der Waals surface area contributed by atoms with Gasteiger partial charge in [-0.3, -0.25) is 0 Å². The minimum absolute atomic E-state index is 0.0753. The Bertz CT molecular complexity index is 849. The minimum Gasteiger partial charge on any atom is -0.348 e. The molecular formula is C19H19FN4. The topological polar surface area (TPSA) is 42.7 Å². The molecule has 3 aromatic rings. The number of anilines is 1. The first-order valence-electron chi connectivity index (χ1n) is 8.11. The van der Waals surface area contributed by atoms with E-state index in [4.69, 9.17) is 0 Å². The van der Waals surface area contributed by atoms with Crippen molar-refractivity contribution in [2.75, 3.05) is 5.32 Å². The summed E-state index contributed by atoms with van der Waals surface area (Å²) in [5.74, 6) is 0.491. The Hall–Kier alpha value is -2.69. The number of halogens is 1. The van der Waals surface area contributed by atoms with Crippen LogP contribution in [-0.2, 0) is 0 Å². The Labute approximate surface area is 140 Å². The average Bonchev–Trinajstić information content (AvgIpc) is 3.04. The second-order valence-corrected chi connectivity index (χ2v) is 6.36. The summed E-state index contributed by atoms with van der Waals surface area (Å²) in [6, 6.07) is 13.5. The number of benzene rings is 2. The molecule has 2 aromatic carbocycles. The van der Waals surface area contributed by atoms with E-state index in [1.54, 1.807) is 10.7 Å². The third kappa shape index (κ3) is 2.46. The number of hydrogen-bond donors (Lipinski definition) is 1. The second-order valence-electron chi connectivity index (χ2n) is 6.36. The lowest BCUT2D eigenvalue weighted by Gasteiger charge is -2.32. The zero-order chi connectivity index (χ0) is 16.7. The first-order valence-corrected chi connectivity index (χ1v) is 8.11. The van der Waals surface area contributed by atoms with Gasteiger partial charge in [0, 0.05) is 5.56 Å². The second kappa shape index (κ2) is 5.74. The quantitative estimate of drug-likeness (QED) is 0.769. The third-order valence-corrected chi connectivity index (χ3v) is 4.71. The van der Waals surface area contributed by atoms with Crippen LogP contribution in [0.2, 0.25) is 0 Å². The van der Waals surface area contributed by atoms with Gasteiger partial charge in [-0.05, 0) is 37.5 Å². The van der Waals surface area contributed by atoms with Crippen molar-refractivity contribution >= 4 is 5.95 Å². The van der Waals surface area contributed by atoms with E-state index in [1.165, 1.54) is 23.5 Å². The van der Waals surface area contributed by atoms with Crippen LogP contribution in [0.3, 0.4) is 0 Å². The molecule has 0 bridgehead atoms. The van der Waals surface area contributed by atoms with Gasteiger partial charge >= 0.3 is 0 Å². The molecule has 122 valence electrons. The molecule has 0 saturated carbocycles. The standard InChI is InChI=1S/C19H19FN4/c1-12-6-8-14(9-7-12)16-10-17(24-19(23-16)21-11-22-24)18-13(2)4-3-5-15(18)20/h3-9,11,16-17H,10H2,1-2H3,(H,21,22,23)/t16-,17+/m1/s1. The number of aromatic nitrogens is 3. The molecule has 0 radical (unpaired) electrons. The third-order valence-electron chi connectivity index (χ3n) is 4.71. The van der Waals surface area contributed by atoms with Gasteiger partial charge in [0.05, 0.1) is 12.1 Å². The SMILES string of the molecule is Cc1ccc([C@H]2C[C@@H](c3c(C)cccc3F)n3ncnc3N2)cc1. The highest BCUT2D eigenvalue weighted by Gasteiger charge is 2.32. The van der Waals surface area contributed by atoms with E-state index in [1.807, 2.05) is 13.0 Å². The predicted octanol–water partition coefficient (Wildman–Crippen LogP) is 4.18. The smallest absolute Gasteiger partial charge is 0.222 e. The summed E-state index contributed by atoms with van der Waals surface area (Å²) in [6.45, 7) is 4.01. The highest BCUT2D eigenvalue weighted by atomic mass is 19.1. The molecule has 0 spiro atoms. The fourth-order valence-corrected chi connectivity index (χ4v) is 3.44.